The molecule has 8 heteroatoms. The molecular formula is C11H19F3NO3S-. The molecule has 0 bridgehead atoms. The first-order valence-corrected chi connectivity index (χ1v) is 6.89. The van der Waals surface area contributed by atoms with Gasteiger partial charge in [0.05, 0.1) is 15.7 Å². The van der Waals surface area contributed by atoms with E-state index in [1.54, 1.807) is 0 Å². The number of hydrogen-bond donors (Lipinski definition) is 1. The van der Waals surface area contributed by atoms with Crippen LogP contribution < -0.4 is 9.83 Å². The lowest BCUT2D eigenvalue weighted by molar-refractivity contribution is -0.318. The number of hydrogen-bond acceptors (Lipinski definition) is 3. The molecule has 3 atom stereocenters. The maximum absolute atomic E-state index is 13.0. The number of carbonyl (C=O) groups excluding carboxylic acids is 1. The van der Waals surface area contributed by atoms with Gasteiger partial charge < -0.3 is 9.90 Å². The fourth-order valence-corrected chi connectivity index (χ4v) is 2.29. The molecule has 0 aromatic carbocycles. The summed E-state index contributed by atoms with van der Waals surface area (Å²) in [5.74, 6) is -4.41. The second-order valence-electron chi connectivity index (χ2n) is 5.61. The standard InChI is InChI=1S/C11H20F3NO3S/c1-6(2)7(9(16)17)8(11(12,13)14)15-19(18)10(3,4)5/h6-8,15H,1-5H3,(H,16,17)/p-1. The predicted octanol–water partition coefficient (Wildman–Crippen LogP) is 0.991. The molecule has 0 aliphatic rings. The Bertz CT molecular complexity index is 350. The van der Waals surface area contributed by atoms with Crippen LogP contribution >= 0.6 is 0 Å². The third kappa shape index (κ3) is 5.48. The number of halogens is 3. The van der Waals surface area contributed by atoms with Crippen molar-refractivity contribution in [2.45, 2.75) is 51.6 Å². The first kappa shape index (κ1) is 18.4. The fourth-order valence-electron chi connectivity index (χ4n) is 1.43. The van der Waals surface area contributed by atoms with Gasteiger partial charge in [-0.1, -0.05) is 13.8 Å². The van der Waals surface area contributed by atoms with Crippen molar-refractivity contribution < 1.29 is 27.3 Å². The quantitative estimate of drug-likeness (QED) is 0.823. The number of carboxylic acid groups (broad SMARTS) is 1. The molecule has 114 valence electrons. The van der Waals surface area contributed by atoms with E-state index in [2.05, 4.69) is 0 Å². The highest BCUT2D eigenvalue weighted by molar-refractivity contribution is 7.84. The van der Waals surface area contributed by atoms with Crippen molar-refractivity contribution in [3.63, 3.8) is 0 Å². The van der Waals surface area contributed by atoms with E-state index in [0.29, 0.717) is 0 Å². The Hall–Kier alpha value is -0.630. The molecule has 0 aromatic rings. The molecule has 19 heavy (non-hydrogen) atoms. The zero-order chi connectivity index (χ0) is 15.6. The van der Waals surface area contributed by atoms with Gasteiger partial charge in [-0.2, -0.15) is 13.2 Å². The van der Waals surface area contributed by atoms with Gasteiger partial charge in [-0.15, -0.1) is 0 Å². The lowest BCUT2D eigenvalue weighted by Crippen LogP contribution is -2.57. The Balaban J connectivity index is 5.35. The van der Waals surface area contributed by atoms with Crippen LogP contribution in [0.4, 0.5) is 13.2 Å². The molecule has 1 N–H and O–H groups in total. The van der Waals surface area contributed by atoms with Crippen LogP contribution in [0.5, 0.6) is 0 Å². The number of aliphatic carboxylic acids is 1. The van der Waals surface area contributed by atoms with E-state index >= 15 is 0 Å². The van der Waals surface area contributed by atoms with E-state index in [-0.39, 0.29) is 0 Å². The maximum atomic E-state index is 13.0. The van der Waals surface area contributed by atoms with Crippen LogP contribution in [0.1, 0.15) is 34.6 Å². The summed E-state index contributed by atoms with van der Waals surface area (Å²) in [5, 5.41) is 10.9. The van der Waals surface area contributed by atoms with Crippen LogP contribution in [0.3, 0.4) is 0 Å². The van der Waals surface area contributed by atoms with Crippen LogP contribution in [-0.2, 0) is 15.8 Å². The third-order valence-corrected chi connectivity index (χ3v) is 4.07. The molecule has 0 spiro atoms. The van der Waals surface area contributed by atoms with Gasteiger partial charge >= 0.3 is 6.18 Å². The predicted molar refractivity (Wildman–Crippen MR) is 64.2 cm³/mol. The monoisotopic (exact) mass is 302 g/mol. The molecule has 0 radical (unpaired) electrons. The lowest BCUT2D eigenvalue weighted by Gasteiger charge is -2.34. The van der Waals surface area contributed by atoms with Crippen LogP contribution in [0.15, 0.2) is 0 Å². The minimum atomic E-state index is -4.82. The minimum absolute atomic E-state index is 0.805. The summed E-state index contributed by atoms with van der Waals surface area (Å²) in [6, 6.07) is -2.41. The summed E-state index contributed by atoms with van der Waals surface area (Å²) < 4.78 is 51.6. The Labute approximate surface area is 113 Å². The molecule has 0 aliphatic carbocycles. The van der Waals surface area contributed by atoms with Crippen molar-refractivity contribution >= 4 is 17.0 Å². The highest BCUT2D eigenvalue weighted by Crippen LogP contribution is 2.30. The SMILES string of the molecule is CC(C)C(C(=O)[O-])C(NS(=O)C(C)(C)C)C(F)(F)F. The molecule has 0 aromatic heterocycles. The van der Waals surface area contributed by atoms with E-state index < -0.39 is 45.8 Å². The van der Waals surface area contributed by atoms with Gasteiger partial charge in [-0.25, -0.2) is 8.93 Å². The van der Waals surface area contributed by atoms with Crippen molar-refractivity contribution in [2.24, 2.45) is 11.8 Å². The largest absolute Gasteiger partial charge is 0.550 e. The van der Waals surface area contributed by atoms with E-state index in [0.717, 1.165) is 0 Å². The highest BCUT2D eigenvalue weighted by atomic mass is 32.2. The van der Waals surface area contributed by atoms with Crippen LogP contribution in [0.25, 0.3) is 0 Å². The Kier molecular flexibility index (Phi) is 6.01. The van der Waals surface area contributed by atoms with Crippen LogP contribution in [0.2, 0.25) is 0 Å². The summed E-state index contributed by atoms with van der Waals surface area (Å²) in [6.07, 6.45) is -4.82. The summed E-state index contributed by atoms with van der Waals surface area (Å²) in [7, 11) is -2.03. The molecule has 0 amide bonds. The number of rotatable bonds is 5. The second-order valence-corrected chi connectivity index (χ2v) is 7.60. The fraction of sp³-hybridized carbons (Fsp3) is 0.909. The van der Waals surface area contributed by atoms with Gasteiger partial charge in [0.1, 0.15) is 6.04 Å². The topological polar surface area (TPSA) is 69.2 Å². The summed E-state index contributed by atoms with van der Waals surface area (Å²) in [4.78, 5) is 10.9. The van der Waals surface area contributed by atoms with Crippen LogP contribution in [-0.4, -0.2) is 27.1 Å². The first-order valence-electron chi connectivity index (χ1n) is 5.74. The Morgan fingerprint density at radius 1 is 1.21 bits per heavy atom. The molecule has 0 aliphatic heterocycles. The van der Waals surface area contributed by atoms with Gasteiger partial charge in [0.15, 0.2) is 0 Å². The third-order valence-electron chi connectivity index (χ3n) is 2.49. The molecule has 0 heterocycles. The second kappa shape index (κ2) is 6.21. The van der Waals surface area contributed by atoms with Gasteiger partial charge in [-0.3, -0.25) is 0 Å². The average molecular weight is 302 g/mol. The molecule has 0 saturated heterocycles. The van der Waals surface area contributed by atoms with E-state index in [1.807, 2.05) is 4.72 Å². The number of alkyl halides is 3. The van der Waals surface area contributed by atoms with Gasteiger partial charge in [0, 0.05) is 11.9 Å². The molecule has 3 unspecified atom stereocenters. The van der Waals surface area contributed by atoms with E-state index in [1.165, 1.54) is 34.6 Å². The van der Waals surface area contributed by atoms with Crippen molar-refractivity contribution in [2.75, 3.05) is 0 Å². The van der Waals surface area contributed by atoms with Crippen LogP contribution in [0, 0.1) is 11.8 Å². The van der Waals surface area contributed by atoms with Gasteiger partial charge in [0.25, 0.3) is 0 Å². The average Bonchev–Trinajstić information content (AvgIpc) is 2.11. The molecule has 0 fully saturated rings. The minimum Gasteiger partial charge on any atom is -0.550 e. The summed E-state index contributed by atoms with van der Waals surface area (Å²) in [5.41, 5.74) is 0. The number of carbonyl (C=O) groups is 1. The van der Waals surface area contributed by atoms with Crippen molar-refractivity contribution in [1.82, 2.24) is 4.72 Å². The number of carboxylic acids is 1. The first-order chi connectivity index (χ1) is 8.28. The molecule has 0 saturated carbocycles. The highest BCUT2D eigenvalue weighted by Gasteiger charge is 2.47. The van der Waals surface area contributed by atoms with Crippen molar-refractivity contribution in [3.8, 4) is 0 Å². The van der Waals surface area contributed by atoms with Gasteiger partial charge in [-0.05, 0) is 26.7 Å². The van der Waals surface area contributed by atoms with Crippen molar-refractivity contribution in [3.05, 3.63) is 0 Å². The van der Waals surface area contributed by atoms with E-state index in [9.17, 15) is 27.3 Å². The maximum Gasteiger partial charge on any atom is 0.405 e. The van der Waals surface area contributed by atoms with Gasteiger partial charge in [0.2, 0.25) is 0 Å². The Morgan fingerprint density at radius 2 is 1.63 bits per heavy atom. The molecule has 0 rings (SSSR count). The normalized spacial score (nSPS) is 18.2. The smallest absolute Gasteiger partial charge is 0.405 e. The van der Waals surface area contributed by atoms with Crippen molar-refractivity contribution in [1.29, 1.82) is 0 Å². The lowest BCUT2D eigenvalue weighted by atomic mass is 9.88. The summed E-state index contributed by atoms with van der Waals surface area (Å²) in [6.45, 7) is 7.18. The zero-order valence-electron chi connectivity index (χ0n) is 11.5. The molecular weight excluding hydrogens is 283 g/mol. The molecule has 4 nitrogen and oxygen atoms in total. The Morgan fingerprint density at radius 3 is 1.84 bits per heavy atom. The number of nitrogens with one attached hydrogen (secondary N) is 1. The van der Waals surface area contributed by atoms with E-state index in [4.69, 9.17) is 0 Å². The summed E-state index contributed by atoms with van der Waals surface area (Å²) >= 11 is 0. The zero-order valence-corrected chi connectivity index (χ0v) is 12.3.